The van der Waals surface area contributed by atoms with Gasteiger partial charge in [0.1, 0.15) is 0 Å². The number of hydrogen-bond donors (Lipinski definition) is 1. The van der Waals surface area contributed by atoms with Gasteiger partial charge in [-0.2, -0.15) is 0 Å². The predicted octanol–water partition coefficient (Wildman–Crippen LogP) is 4.07. The summed E-state index contributed by atoms with van der Waals surface area (Å²) in [4.78, 5) is 0. The van der Waals surface area contributed by atoms with Crippen LogP contribution in [0.1, 0.15) is 65.2 Å². The summed E-state index contributed by atoms with van der Waals surface area (Å²) in [7, 11) is 0. The van der Waals surface area contributed by atoms with Gasteiger partial charge in [-0.25, -0.2) is 0 Å². The Morgan fingerprint density at radius 3 is 2.36 bits per heavy atom. The molecule has 0 aromatic carbocycles. The molecule has 0 rings (SSSR count). The molecule has 0 aromatic rings. The number of aliphatic hydroxyl groups excluding tert-OH is 1. The SMILES string of the molecule is CCCCCCCCC=C(C)CCO. The highest BCUT2D eigenvalue weighted by Gasteiger charge is 1.90. The van der Waals surface area contributed by atoms with Crippen molar-refractivity contribution in [2.75, 3.05) is 6.61 Å². The fourth-order valence-corrected chi connectivity index (χ4v) is 1.55. The van der Waals surface area contributed by atoms with Gasteiger partial charge in [0.05, 0.1) is 0 Å². The van der Waals surface area contributed by atoms with Crippen LogP contribution in [0.3, 0.4) is 0 Å². The van der Waals surface area contributed by atoms with E-state index in [1.54, 1.807) is 0 Å². The third kappa shape index (κ3) is 9.79. The minimum absolute atomic E-state index is 0.291. The van der Waals surface area contributed by atoms with Crippen LogP contribution in [0.25, 0.3) is 0 Å². The van der Waals surface area contributed by atoms with E-state index < -0.39 is 0 Å². The summed E-state index contributed by atoms with van der Waals surface area (Å²) in [6.07, 6.45) is 12.5. The molecule has 84 valence electrons. The first kappa shape index (κ1) is 13.7. The first-order chi connectivity index (χ1) is 6.81. The molecule has 0 bridgehead atoms. The lowest BCUT2D eigenvalue weighted by molar-refractivity contribution is 0.299. The Bertz CT molecular complexity index is 138. The summed E-state index contributed by atoms with van der Waals surface area (Å²) in [6, 6.07) is 0. The van der Waals surface area contributed by atoms with Crippen LogP contribution in [0.4, 0.5) is 0 Å². The van der Waals surface area contributed by atoms with Gasteiger partial charge in [0, 0.05) is 6.61 Å². The van der Waals surface area contributed by atoms with Gasteiger partial charge < -0.3 is 5.11 Å². The van der Waals surface area contributed by atoms with Gasteiger partial charge in [-0.3, -0.25) is 0 Å². The minimum atomic E-state index is 0.291. The lowest BCUT2D eigenvalue weighted by Gasteiger charge is -1.99. The molecule has 0 aromatic heterocycles. The quantitative estimate of drug-likeness (QED) is 0.437. The molecule has 0 unspecified atom stereocenters. The van der Waals surface area contributed by atoms with Crippen molar-refractivity contribution in [2.45, 2.75) is 65.2 Å². The fraction of sp³-hybridized carbons (Fsp3) is 0.846. The average molecular weight is 198 g/mol. The number of aliphatic hydroxyl groups is 1. The standard InChI is InChI=1S/C13H26O/c1-3-4-5-6-7-8-9-10-13(2)11-12-14/h10,14H,3-9,11-12H2,1-2H3. The lowest BCUT2D eigenvalue weighted by Crippen LogP contribution is -1.84. The van der Waals surface area contributed by atoms with E-state index in [0.29, 0.717) is 6.61 Å². The van der Waals surface area contributed by atoms with E-state index in [1.165, 1.54) is 50.5 Å². The monoisotopic (exact) mass is 198 g/mol. The summed E-state index contributed by atoms with van der Waals surface area (Å²) < 4.78 is 0. The van der Waals surface area contributed by atoms with E-state index in [4.69, 9.17) is 5.11 Å². The third-order valence-corrected chi connectivity index (χ3v) is 2.56. The first-order valence-electron chi connectivity index (χ1n) is 6.07. The van der Waals surface area contributed by atoms with Gasteiger partial charge in [0.2, 0.25) is 0 Å². The van der Waals surface area contributed by atoms with Crippen LogP contribution in [-0.4, -0.2) is 11.7 Å². The zero-order valence-corrected chi connectivity index (χ0v) is 9.89. The van der Waals surface area contributed by atoms with Crippen molar-refractivity contribution in [3.05, 3.63) is 11.6 Å². The van der Waals surface area contributed by atoms with Gasteiger partial charge in [-0.15, -0.1) is 0 Å². The number of unbranched alkanes of at least 4 members (excludes halogenated alkanes) is 6. The van der Waals surface area contributed by atoms with Gasteiger partial charge in [-0.1, -0.05) is 50.7 Å². The molecule has 1 nitrogen and oxygen atoms in total. The molecule has 0 aliphatic heterocycles. The van der Waals surface area contributed by atoms with Crippen molar-refractivity contribution in [3.63, 3.8) is 0 Å². The molecule has 1 heteroatoms. The van der Waals surface area contributed by atoms with Crippen molar-refractivity contribution in [1.82, 2.24) is 0 Å². The summed E-state index contributed by atoms with van der Waals surface area (Å²) in [5.74, 6) is 0. The number of allylic oxidation sites excluding steroid dienone is 1. The van der Waals surface area contributed by atoms with Gasteiger partial charge in [0.15, 0.2) is 0 Å². The normalized spacial score (nSPS) is 12.1. The van der Waals surface area contributed by atoms with Crippen LogP contribution in [0, 0.1) is 0 Å². The van der Waals surface area contributed by atoms with Crippen LogP contribution in [0.5, 0.6) is 0 Å². The zero-order chi connectivity index (χ0) is 10.6. The van der Waals surface area contributed by atoms with Crippen molar-refractivity contribution >= 4 is 0 Å². The van der Waals surface area contributed by atoms with Crippen LogP contribution >= 0.6 is 0 Å². The van der Waals surface area contributed by atoms with Gasteiger partial charge >= 0.3 is 0 Å². The van der Waals surface area contributed by atoms with Gasteiger partial charge in [-0.05, 0) is 26.2 Å². The van der Waals surface area contributed by atoms with E-state index in [2.05, 4.69) is 19.9 Å². The highest BCUT2D eigenvalue weighted by atomic mass is 16.2. The topological polar surface area (TPSA) is 20.2 Å². The number of hydrogen-bond acceptors (Lipinski definition) is 1. The molecule has 0 saturated heterocycles. The highest BCUT2D eigenvalue weighted by molar-refractivity contribution is 4.97. The van der Waals surface area contributed by atoms with E-state index in [-0.39, 0.29) is 0 Å². The Morgan fingerprint density at radius 2 is 1.71 bits per heavy atom. The maximum absolute atomic E-state index is 8.70. The largest absolute Gasteiger partial charge is 0.396 e. The molecule has 1 N–H and O–H groups in total. The fourth-order valence-electron chi connectivity index (χ4n) is 1.55. The summed E-state index contributed by atoms with van der Waals surface area (Å²) in [5, 5.41) is 8.70. The Kier molecular flexibility index (Phi) is 10.5. The Morgan fingerprint density at radius 1 is 1.07 bits per heavy atom. The van der Waals surface area contributed by atoms with Crippen molar-refractivity contribution in [2.24, 2.45) is 0 Å². The molecule has 0 fully saturated rings. The number of rotatable bonds is 9. The second-order valence-corrected chi connectivity index (χ2v) is 4.08. The Labute approximate surface area is 89.2 Å². The maximum atomic E-state index is 8.70. The molecule has 0 aliphatic rings. The van der Waals surface area contributed by atoms with E-state index in [9.17, 15) is 0 Å². The second kappa shape index (κ2) is 10.8. The Balaban J connectivity index is 3.15. The highest BCUT2D eigenvalue weighted by Crippen LogP contribution is 2.09. The van der Waals surface area contributed by atoms with Crippen LogP contribution in [-0.2, 0) is 0 Å². The molecular formula is C13H26O. The summed E-state index contributed by atoms with van der Waals surface area (Å²) >= 11 is 0. The maximum Gasteiger partial charge on any atom is 0.0468 e. The Hall–Kier alpha value is -0.300. The zero-order valence-electron chi connectivity index (χ0n) is 9.89. The van der Waals surface area contributed by atoms with Gasteiger partial charge in [0.25, 0.3) is 0 Å². The van der Waals surface area contributed by atoms with Crippen molar-refractivity contribution < 1.29 is 5.11 Å². The molecule has 0 amide bonds. The molecular weight excluding hydrogens is 172 g/mol. The molecule has 0 atom stereocenters. The van der Waals surface area contributed by atoms with Crippen molar-refractivity contribution in [1.29, 1.82) is 0 Å². The molecule has 0 radical (unpaired) electrons. The molecule has 0 saturated carbocycles. The summed E-state index contributed by atoms with van der Waals surface area (Å²) in [6.45, 7) is 4.65. The van der Waals surface area contributed by atoms with E-state index in [1.807, 2.05) is 0 Å². The van der Waals surface area contributed by atoms with Crippen LogP contribution in [0.2, 0.25) is 0 Å². The second-order valence-electron chi connectivity index (χ2n) is 4.08. The van der Waals surface area contributed by atoms with Crippen molar-refractivity contribution in [3.8, 4) is 0 Å². The summed E-state index contributed by atoms with van der Waals surface area (Å²) in [5.41, 5.74) is 1.33. The lowest BCUT2D eigenvalue weighted by atomic mass is 10.1. The van der Waals surface area contributed by atoms with Crippen LogP contribution < -0.4 is 0 Å². The smallest absolute Gasteiger partial charge is 0.0468 e. The average Bonchev–Trinajstić information content (AvgIpc) is 2.17. The minimum Gasteiger partial charge on any atom is -0.396 e. The van der Waals surface area contributed by atoms with E-state index in [0.717, 1.165) is 6.42 Å². The van der Waals surface area contributed by atoms with E-state index >= 15 is 0 Å². The molecule has 14 heavy (non-hydrogen) atoms. The predicted molar refractivity (Wildman–Crippen MR) is 63.5 cm³/mol. The molecule has 0 heterocycles. The molecule has 0 aliphatic carbocycles. The molecule has 0 spiro atoms. The third-order valence-electron chi connectivity index (χ3n) is 2.56. The first-order valence-corrected chi connectivity index (χ1v) is 6.07. The van der Waals surface area contributed by atoms with Crippen LogP contribution in [0.15, 0.2) is 11.6 Å².